The molecule has 1 N–H and O–H groups in total. The molecule has 4 heterocycles. The average Bonchev–Trinajstić information content (AvgIpc) is 3.43. The standard InChI is InChI=1S/C23H19Cl2N3O3/c1-11-4-5-13(25)10-17(11)28-20(29)18-16-3-2-8-27(16)23(19(18)21(28)30)14-9-12(24)6-7-15(14)26-22(23)31/h4-7,9-10,16,18-19H,2-3,8H2,1H3,(H,26,31)/t16-,18+,19-,23+/m0/s1. The second-order valence-electron chi connectivity index (χ2n) is 8.76. The number of nitrogens with zero attached hydrogens (tertiary/aromatic N) is 2. The highest BCUT2D eigenvalue weighted by atomic mass is 35.5. The molecule has 4 aliphatic rings. The first-order chi connectivity index (χ1) is 14.9. The summed E-state index contributed by atoms with van der Waals surface area (Å²) in [4.78, 5) is 44.5. The van der Waals surface area contributed by atoms with E-state index < -0.39 is 17.4 Å². The smallest absolute Gasteiger partial charge is 0.250 e. The number of hydrogen-bond donors (Lipinski definition) is 1. The molecule has 0 aromatic heterocycles. The van der Waals surface area contributed by atoms with E-state index in [0.717, 1.165) is 18.4 Å². The van der Waals surface area contributed by atoms with Gasteiger partial charge in [-0.15, -0.1) is 0 Å². The molecule has 4 atom stereocenters. The predicted octanol–water partition coefficient (Wildman–Crippen LogP) is 3.73. The van der Waals surface area contributed by atoms with Crippen molar-refractivity contribution in [1.82, 2.24) is 4.90 Å². The summed E-state index contributed by atoms with van der Waals surface area (Å²) in [5, 5.41) is 3.89. The van der Waals surface area contributed by atoms with Crippen molar-refractivity contribution in [3.63, 3.8) is 0 Å². The minimum Gasteiger partial charge on any atom is -0.324 e. The van der Waals surface area contributed by atoms with Crippen LogP contribution in [-0.4, -0.2) is 35.2 Å². The number of anilines is 2. The molecule has 158 valence electrons. The minimum absolute atomic E-state index is 0.165. The minimum atomic E-state index is -1.22. The summed E-state index contributed by atoms with van der Waals surface area (Å²) in [6.45, 7) is 2.50. The van der Waals surface area contributed by atoms with Crippen LogP contribution < -0.4 is 10.2 Å². The average molecular weight is 456 g/mol. The fourth-order valence-corrected chi connectivity index (χ4v) is 6.57. The van der Waals surface area contributed by atoms with Crippen LogP contribution in [0, 0.1) is 18.8 Å². The third-order valence-electron chi connectivity index (χ3n) is 7.37. The third kappa shape index (κ3) is 2.25. The lowest BCUT2D eigenvalue weighted by atomic mass is 9.75. The number of aryl methyl sites for hydroxylation is 1. The monoisotopic (exact) mass is 455 g/mol. The van der Waals surface area contributed by atoms with E-state index in [1.165, 1.54) is 4.90 Å². The molecule has 0 bridgehead atoms. The number of carbonyl (C=O) groups excluding carboxylic acids is 3. The highest BCUT2D eigenvalue weighted by Crippen LogP contribution is 2.61. The normalized spacial score (nSPS) is 31.4. The van der Waals surface area contributed by atoms with Gasteiger partial charge in [-0.2, -0.15) is 0 Å². The molecule has 2 aromatic rings. The van der Waals surface area contributed by atoms with Crippen molar-refractivity contribution < 1.29 is 14.4 Å². The van der Waals surface area contributed by atoms with Gasteiger partial charge in [0.15, 0.2) is 0 Å². The molecule has 8 heteroatoms. The van der Waals surface area contributed by atoms with Gasteiger partial charge >= 0.3 is 0 Å². The number of hydrogen-bond acceptors (Lipinski definition) is 4. The quantitative estimate of drug-likeness (QED) is 0.665. The van der Waals surface area contributed by atoms with Crippen molar-refractivity contribution in [1.29, 1.82) is 0 Å². The molecule has 6 nitrogen and oxygen atoms in total. The Hall–Kier alpha value is -2.41. The van der Waals surface area contributed by atoms with Gasteiger partial charge in [-0.25, -0.2) is 4.90 Å². The molecule has 3 fully saturated rings. The van der Waals surface area contributed by atoms with Crippen molar-refractivity contribution >= 4 is 52.3 Å². The molecule has 6 rings (SSSR count). The number of carbonyl (C=O) groups is 3. The molecular weight excluding hydrogens is 437 g/mol. The van der Waals surface area contributed by atoms with Gasteiger partial charge in [-0.05, 0) is 62.2 Å². The fraction of sp³-hybridized carbons (Fsp3) is 0.348. The van der Waals surface area contributed by atoms with E-state index in [9.17, 15) is 14.4 Å². The first-order valence-corrected chi connectivity index (χ1v) is 11.1. The molecule has 4 aliphatic heterocycles. The van der Waals surface area contributed by atoms with Crippen LogP contribution in [0.2, 0.25) is 10.0 Å². The first kappa shape index (κ1) is 19.3. The van der Waals surface area contributed by atoms with E-state index in [2.05, 4.69) is 10.2 Å². The molecule has 31 heavy (non-hydrogen) atoms. The zero-order valence-corrected chi connectivity index (χ0v) is 18.2. The molecule has 1 spiro atoms. The Morgan fingerprint density at radius 2 is 1.77 bits per heavy atom. The van der Waals surface area contributed by atoms with Gasteiger partial charge in [-0.1, -0.05) is 29.3 Å². The fourth-order valence-electron chi connectivity index (χ4n) is 6.24. The van der Waals surface area contributed by atoms with Gasteiger partial charge in [0.2, 0.25) is 17.7 Å². The Labute approximate surface area is 189 Å². The van der Waals surface area contributed by atoms with Crippen molar-refractivity contribution in [2.24, 2.45) is 11.8 Å². The molecule has 0 saturated carbocycles. The van der Waals surface area contributed by atoms with E-state index in [0.29, 0.717) is 33.5 Å². The van der Waals surface area contributed by atoms with Crippen LogP contribution in [-0.2, 0) is 19.9 Å². The second-order valence-corrected chi connectivity index (χ2v) is 9.63. The maximum atomic E-state index is 13.9. The topological polar surface area (TPSA) is 69.7 Å². The summed E-state index contributed by atoms with van der Waals surface area (Å²) < 4.78 is 0. The first-order valence-electron chi connectivity index (χ1n) is 10.4. The highest BCUT2D eigenvalue weighted by molar-refractivity contribution is 6.32. The Bertz CT molecular complexity index is 1200. The van der Waals surface area contributed by atoms with Gasteiger partial charge in [0.05, 0.1) is 17.5 Å². The largest absolute Gasteiger partial charge is 0.324 e. The van der Waals surface area contributed by atoms with E-state index in [1.807, 2.05) is 6.92 Å². The molecule has 0 unspecified atom stereocenters. The van der Waals surface area contributed by atoms with Crippen molar-refractivity contribution in [3.05, 3.63) is 57.6 Å². The number of nitrogens with one attached hydrogen (secondary N) is 1. The predicted molar refractivity (Wildman–Crippen MR) is 117 cm³/mol. The number of fused-ring (bicyclic) bond motifs is 7. The van der Waals surface area contributed by atoms with Gasteiger partial charge in [0.25, 0.3) is 0 Å². The zero-order chi connectivity index (χ0) is 21.7. The number of rotatable bonds is 1. The van der Waals surface area contributed by atoms with E-state index in [4.69, 9.17) is 23.2 Å². The van der Waals surface area contributed by atoms with Crippen LogP contribution in [0.1, 0.15) is 24.0 Å². The molecule has 3 saturated heterocycles. The Morgan fingerprint density at radius 3 is 2.58 bits per heavy atom. The number of benzene rings is 2. The van der Waals surface area contributed by atoms with Crippen LogP contribution >= 0.6 is 23.2 Å². The summed E-state index contributed by atoms with van der Waals surface area (Å²) in [7, 11) is 0. The van der Waals surface area contributed by atoms with Crippen LogP contribution in [0.3, 0.4) is 0 Å². The zero-order valence-electron chi connectivity index (χ0n) is 16.7. The second kappa shape index (κ2) is 6.31. The SMILES string of the molecule is Cc1ccc(Cl)cc1N1C(=O)[C@H]2[C@@H](C1=O)[C@]1(C(=O)Nc3ccc(Cl)cc31)N1CCC[C@@H]21. The van der Waals surface area contributed by atoms with E-state index in [-0.39, 0.29) is 23.8 Å². The highest BCUT2D eigenvalue weighted by Gasteiger charge is 2.74. The summed E-state index contributed by atoms with van der Waals surface area (Å²) in [6.07, 6.45) is 1.64. The lowest BCUT2D eigenvalue weighted by Crippen LogP contribution is -2.54. The number of halogens is 2. The Morgan fingerprint density at radius 1 is 1.03 bits per heavy atom. The lowest BCUT2D eigenvalue weighted by molar-refractivity contribution is -0.135. The maximum Gasteiger partial charge on any atom is 0.250 e. The summed E-state index contributed by atoms with van der Waals surface area (Å²) in [5.41, 5.74) is 1.39. The maximum absolute atomic E-state index is 13.9. The summed E-state index contributed by atoms with van der Waals surface area (Å²) in [6, 6.07) is 10.3. The van der Waals surface area contributed by atoms with Crippen LogP contribution in [0.5, 0.6) is 0 Å². The number of amides is 3. The Kier molecular flexibility index (Phi) is 3.93. The molecular formula is C23H19Cl2N3O3. The van der Waals surface area contributed by atoms with E-state index in [1.54, 1.807) is 36.4 Å². The van der Waals surface area contributed by atoms with Crippen LogP contribution in [0.4, 0.5) is 11.4 Å². The van der Waals surface area contributed by atoms with Gasteiger partial charge in [0.1, 0.15) is 5.54 Å². The lowest BCUT2D eigenvalue weighted by Gasteiger charge is -2.36. The van der Waals surface area contributed by atoms with Gasteiger partial charge in [0, 0.05) is 27.3 Å². The molecule has 2 aromatic carbocycles. The summed E-state index contributed by atoms with van der Waals surface area (Å²) in [5.74, 6) is -2.24. The van der Waals surface area contributed by atoms with Gasteiger partial charge < -0.3 is 5.32 Å². The molecule has 0 aliphatic carbocycles. The number of imide groups is 1. The molecule has 3 amide bonds. The Balaban J connectivity index is 1.58. The van der Waals surface area contributed by atoms with Crippen molar-refractivity contribution in [2.45, 2.75) is 31.3 Å². The van der Waals surface area contributed by atoms with Gasteiger partial charge in [-0.3, -0.25) is 19.3 Å². The van der Waals surface area contributed by atoms with Crippen LogP contribution in [0.15, 0.2) is 36.4 Å². The van der Waals surface area contributed by atoms with Crippen molar-refractivity contribution in [3.8, 4) is 0 Å². The summed E-state index contributed by atoms with van der Waals surface area (Å²) >= 11 is 12.5. The van der Waals surface area contributed by atoms with Crippen LogP contribution in [0.25, 0.3) is 0 Å². The van der Waals surface area contributed by atoms with E-state index >= 15 is 0 Å². The third-order valence-corrected chi connectivity index (χ3v) is 7.84. The van der Waals surface area contributed by atoms with Crippen molar-refractivity contribution in [2.75, 3.05) is 16.8 Å². The molecule has 0 radical (unpaired) electrons.